The summed E-state index contributed by atoms with van der Waals surface area (Å²) in [5.74, 6) is -0.547. The molecule has 0 radical (unpaired) electrons. The van der Waals surface area contributed by atoms with Gasteiger partial charge in [-0.25, -0.2) is 4.39 Å². The van der Waals surface area contributed by atoms with Gasteiger partial charge < -0.3 is 10.2 Å². The van der Waals surface area contributed by atoms with Gasteiger partial charge in [0.25, 0.3) is 11.8 Å². The lowest BCUT2D eigenvalue weighted by Crippen LogP contribution is -2.31. The first kappa shape index (κ1) is 18.1. The van der Waals surface area contributed by atoms with Crippen LogP contribution >= 0.6 is 0 Å². The summed E-state index contributed by atoms with van der Waals surface area (Å²) in [5, 5.41) is 2.80. The van der Waals surface area contributed by atoms with Crippen molar-refractivity contribution >= 4 is 11.8 Å². The van der Waals surface area contributed by atoms with E-state index in [1.807, 2.05) is 29.2 Å². The summed E-state index contributed by atoms with van der Waals surface area (Å²) in [6.07, 6.45) is 4.52. The normalized spacial score (nSPS) is 14.6. The zero-order valence-corrected chi connectivity index (χ0v) is 14.7. The van der Waals surface area contributed by atoms with Crippen LogP contribution in [-0.4, -0.2) is 29.8 Å². The molecule has 0 aliphatic carbocycles. The molecular formula is C21H23FN2O2. The average Bonchev–Trinajstić information content (AvgIpc) is 2.96. The van der Waals surface area contributed by atoms with Crippen LogP contribution in [0.1, 0.15) is 52.0 Å². The molecule has 2 aromatic rings. The zero-order valence-electron chi connectivity index (χ0n) is 14.7. The summed E-state index contributed by atoms with van der Waals surface area (Å²) in [5.41, 5.74) is 2.01. The Morgan fingerprint density at radius 1 is 0.846 bits per heavy atom. The van der Waals surface area contributed by atoms with E-state index in [9.17, 15) is 14.0 Å². The number of likely N-dealkylation sites (tertiary alicyclic amines) is 1. The minimum absolute atomic E-state index is 0.0776. The number of halogens is 1. The summed E-state index contributed by atoms with van der Waals surface area (Å²) in [7, 11) is 0. The van der Waals surface area contributed by atoms with E-state index in [0.29, 0.717) is 17.7 Å². The maximum atomic E-state index is 12.9. The third kappa shape index (κ3) is 4.69. The van der Waals surface area contributed by atoms with E-state index in [0.717, 1.165) is 31.5 Å². The molecule has 3 rings (SSSR count). The van der Waals surface area contributed by atoms with Crippen molar-refractivity contribution in [1.82, 2.24) is 10.2 Å². The molecule has 0 aromatic heterocycles. The highest BCUT2D eigenvalue weighted by Gasteiger charge is 2.17. The molecule has 1 heterocycles. The highest BCUT2D eigenvalue weighted by molar-refractivity contribution is 5.95. The van der Waals surface area contributed by atoms with Crippen LogP contribution in [0.15, 0.2) is 48.5 Å². The molecule has 0 spiro atoms. The van der Waals surface area contributed by atoms with Crippen LogP contribution in [0, 0.1) is 5.82 Å². The molecule has 1 N–H and O–H groups in total. The van der Waals surface area contributed by atoms with E-state index in [-0.39, 0.29) is 17.6 Å². The Hall–Kier alpha value is -2.69. The van der Waals surface area contributed by atoms with Gasteiger partial charge in [0.2, 0.25) is 0 Å². The highest BCUT2D eigenvalue weighted by Crippen LogP contribution is 2.14. The minimum atomic E-state index is -0.369. The molecule has 1 aliphatic rings. The molecule has 0 unspecified atom stereocenters. The lowest BCUT2D eigenvalue weighted by Gasteiger charge is -2.20. The Morgan fingerprint density at radius 2 is 1.42 bits per heavy atom. The van der Waals surface area contributed by atoms with Crippen molar-refractivity contribution in [2.45, 2.75) is 32.2 Å². The molecule has 2 aromatic carbocycles. The molecule has 0 saturated carbocycles. The molecule has 26 heavy (non-hydrogen) atoms. The largest absolute Gasteiger partial charge is 0.348 e. The summed E-state index contributed by atoms with van der Waals surface area (Å²) in [6.45, 7) is 2.01. The van der Waals surface area contributed by atoms with Crippen LogP contribution in [0.4, 0.5) is 4.39 Å². The predicted molar refractivity (Wildman–Crippen MR) is 98.4 cm³/mol. The summed E-state index contributed by atoms with van der Waals surface area (Å²) in [6, 6.07) is 12.8. The molecule has 1 saturated heterocycles. The molecule has 1 aliphatic heterocycles. The van der Waals surface area contributed by atoms with E-state index >= 15 is 0 Å². The zero-order chi connectivity index (χ0) is 18.4. The Kier molecular flexibility index (Phi) is 6.00. The second-order valence-electron chi connectivity index (χ2n) is 6.59. The Labute approximate surface area is 153 Å². The molecular weight excluding hydrogens is 331 g/mol. The van der Waals surface area contributed by atoms with Crippen molar-refractivity contribution in [2.24, 2.45) is 0 Å². The molecule has 5 heteroatoms. The summed E-state index contributed by atoms with van der Waals surface area (Å²) in [4.78, 5) is 26.5. The number of rotatable bonds is 4. The molecule has 1 fully saturated rings. The van der Waals surface area contributed by atoms with Gasteiger partial charge in [-0.2, -0.15) is 0 Å². The third-order valence-corrected chi connectivity index (χ3v) is 4.65. The minimum Gasteiger partial charge on any atom is -0.348 e. The van der Waals surface area contributed by atoms with Gasteiger partial charge in [0.05, 0.1) is 0 Å². The number of nitrogens with zero attached hydrogens (tertiary/aromatic N) is 1. The number of carbonyl (C=O) groups excluding carboxylic acids is 2. The smallest absolute Gasteiger partial charge is 0.253 e. The van der Waals surface area contributed by atoms with Crippen molar-refractivity contribution in [1.29, 1.82) is 0 Å². The first-order valence-corrected chi connectivity index (χ1v) is 9.05. The van der Waals surface area contributed by atoms with Crippen LogP contribution in [0.25, 0.3) is 0 Å². The van der Waals surface area contributed by atoms with Crippen molar-refractivity contribution < 1.29 is 14.0 Å². The van der Waals surface area contributed by atoms with Crippen molar-refractivity contribution in [3.8, 4) is 0 Å². The fourth-order valence-electron chi connectivity index (χ4n) is 3.11. The fraction of sp³-hybridized carbons (Fsp3) is 0.333. The maximum Gasteiger partial charge on any atom is 0.253 e. The van der Waals surface area contributed by atoms with E-state index in [4.69, 9.17) is 0 Å². The SMILES string of the molecule is O=C(NCc1ccc(C(=O)N2CCCCCC2)cc1)c1ccc(F)cc1. The van der Waals surface area contributed by atoms with Crippen LogP contribution in [0.3, 0.4) is 0 Å². The first-order chi connectivity index (χ1) is 12.6. The molecule has 0 atom stereocenters. The van der Waals surface area contributed by atoms with E-state index in [1.165, 1.54) is 37.1 Å². The van der Waals surface area contributed by atoms with Gasteiger partial charge in [-0.3, -0.25) is 9.59 Å². The van der Waals surface area contributed by atoms with Crippen molar-refractivity contribution in [2.75, 3.05) is 13.1 Å². The second-order valence-corrected chi connectivity index (χ2v) is 6.59. The summed E-state index contributed by atoms with van der Waals surface area (Å²) < 4.78 is 12.9. The summed E-state index contributed by atoms with van der Waals surface area (Å²) >= 11 is 0. The maximum absolute atomic E-state index is 12.9. The monoisotopic (exact) mass is 354 g/mol. The van der Waals surface area contributed by atoms with Gasteiger partial charge in [-0.15, -0.1) is 0 Å². The predicted octanol–water partition coefficient (Wildman–Crippen LogP) is 3.77. The van der Waals surface area contributed by atoms with E-state index in [1.54, 1.807) is 0 Å². The number of amides is 2. The van der Waals surface area contributed by atoms with Gasteiger partial charge in [-0.1, -0.05) is 25.0 Å². The van der Waals surface area contributed by atoms with Gasteiger partial charge in [-0.05, 0) is 54.8 Å². The molecule has 136 valence electrons. The molecule has 2 amide bonds. The number of nitrogens with one attached hydrogen (secondary N) is 1. The van der Waals surface area contributed by atoms with Crippen LogP contribution < -0.4 is 5.32 Å². The molecule has 0 bridgehead atoms. The van der Waals surface area contributed by atoms with Gasteiger partial charge in [0.15, 0.2) is 0 Å². The number of hydrogen-bond acceptors (Lipinski definition) is 2. The lowest BCUT2D eigenvalue weighted by atomic mass is 10.1. The van der Waals surface area contributed by atoms with Gasteiger partial charge in [0.1, 0.15) is 5.82 Å². The van der Waals surface area contributed by atoms with Crippen molar-refractivity contribution in [3.05, 3.63) is 71.0 Å². The van der Waals surface area contributed by atoms with Crippen LogP contribution in [-0.2, 0) is 6.54 Å². The Morgan fingerprint density at radius 3 is 2.04 bits per heavy atom. The Bertz CT molecular complexity index is 749. The number of benzene rings is 2. The standard InChI is InChI=1S/C21H23FN2O2/c22-19-11-9-17(10-12-19)20(25)23-15-16-5-7-18(8-6-16)21(26)24-13-3-1-2-4-14-24/h5-12H,1-4,13-15H2,(H,23,25). The lowest BCUT2D eigenvalue weighted by molar-refractivity contribution is 0.0761. The highest BCUT2D eigenvalue weighted by atomic mass is 19.1. The average molecular weight is 354 g/mol. The van der Waals surface area contributed by atoms with Gasteiger partial charge >= 0.3 is 0 Å². The Balaban J connectivity index is 1.56. The second kappa shape index (κ2) is 8.61. The van der Waals surface area contributed by atoms with E-state index < -0.39 is 0 Å². The van der Waals surface area contributed by atoms with Gasteiger partial charge in [0, 0.05) is 30.8 Å². The van der Waals surface area contributed by atoms with E-state index in [2.05, 4.69) is 5.32 Å². The number of carbonyl (C=O) groups is 2. The third-order valence-electron chi connectivity index (χ3n) is 4.65. The van der Waals surface area contributed by atoms with Crippen LogP contribution in [0.2, 0.25) is 0 Å². The topological polar surface area (TPSA) is 49.4 Å². The molecule has 4 nitrogen and oxygen atoms in total. The quantitative estimate of drug-likeness (QED) is 0.909. The van der Waals surface area contributed by atoms with Crippen molar-refractivity contribution in [3.63, 3.8) is 0 Å². The number of hydrogen-bond donors (Lipinski definition) is 1. The first-order valence-electron chi connectivity index (χ1n) is 9.05. The van der Waals surface area contributed by atoms with Crippen LogP contribution in [0.5, 0.6) is 0 Å². The fourth-order valence-corrected chi connectivity index (χ4v) is 3.11.